The molecule has 3 nitrogen and oxygen atoms in total. The molecule has 0 radical (unpaired) electrons. The number of hydrogen-bond acceptors (Lipinski definition) is 3. The van der Waals surface area contributed by atoms with Crippen molar-refractivity contribution in [2.24, 2.45) is 23.7 Å². The summed E-state index contributed by atoms with van der Waals surface area (Å²) in [6.45, 7) is 5.95. The molecule has 2 aliphatic rings. The van der Waals surface area contributed by atoms with Crippen LogP contribution >= 0.6 is 0 Å². The van der Waals surface area contributed by atoms with Crippen LogP contribution in [-0.2, 0) is 4.79 Å². The van der Waals surface area contributed by atoms with Gasteiger partial charge in [-0.3, -0.25) is 4.79 Å². The van der Waals surface area contributed by atoms with Gasteiger partial charge in [-0.2, -0.15) is 8.78 Å². The van der Waals surface area contributed by atoms with Crippen molar-refractivity contribution in [2.45, 2.75) is 51.9 Å². The molecule has 0 saturated heterocycles. The number of carbonyl (C=O) groups is 1. The molecule has 0 aromatic heterocycles. The van der Waals surface area contributed by atoms with E-state index in [1.165, 1.54) is 18.6 Å². The zero-order valence-corrected chi connectivity index (χ0v) is 15.9. The first-order valence-electron chi connectivity index (χ1n) is 10.00. The highest BCUT2D eigenvalue weighted by molar-refractivity contribution is 5.76. The van der Waals surface area contributed by atoms with Crippen molar-refractivity contribution in [1.29, 1.82) is 0 Å². The molecule has 3 rings (SSSR count). The predicted molar refractivity (Wildman–Crippen MR) is 99.6 cm³/mol. The van der Waals surface area contributed by atoms with E-state index in [2.05, 4.69) is 13.5 Å². The van der Waals surface area contributed by atoms with Gasteiger partial charge in [0.15, 0.2) is 11.5 Å². The quantitative estimate of drug-likeness (QED) is 0.253. The lowest BCUT2D eigenvalue weighted by molar-refractivity contribution is -0.140. The Kier molecular flexibility index (Phi) is 6.51. The van der Waals surface area contributed by atoms with Gasteiger partial charge in [-0.05, 0) is 62.0 Å². The maximum atomic E-state index is 14.3. The summed E-state index contributed by atoms with van der Waals surface area (Å²) in [7, 11) is 0. The summed E-state index contributed by atoms with van der Waals surface area (Å²) in [6.07, 6.45) is 8.52. The Morgan fingerprint density at radius 2 is 1.85 bits per heavy atom. The topological polar surface area (TPSA) is 35.5 Å². The molecule has 0 heterocycles. The molecule has 0 spiro atoms. The van der Waals surface area contributed by atoms with Gasteiger partial charge in [-0.15, -0.1) is 6.58 Å². The fourth-order valence-electron chi connectivity index (χ4n) is 4.88. The van der Waals surface area contributed by atoms with E-state index in [1.807, 2.05) is 0 Å². The number of rotatable bonds is 8. The Labute approximate surface area is 159 Å². The fourth-order valence-corrected chi connectivity index (χ4v) is 4.88. The van der Waals surface area contributed by atoms with Crippen LogP contribution in [0.4, 0.5) is 8.78 Å². The number of carbonyl (C=O) groups excluding carboxylic acids is 1. The van der Waals surface area contributed by atoms with Gasteiger partial charge < -0.3 is 9.47 Å². The van der Waals surface area contributed by atoms with Gasteiger partial charge >= 0.3 is 5.97 Å². The summed E-state index contributed by atoms with van der Waals surface area (Å²) in [5.74, 6) is -1.90. The summed E-state index contributed by atoms with van der Waals surface area (Å²) in [4.78, 5) is 12.6. The molecule has 4 atom stereocenters. The molecule has 2 fully saturated rings. The van der Waals surface area contributed by atoms with E-state index in [4.69, 9.17) is 9.47 Å². The molecule has 148 valence electrons. The summed E-state index contributed by atoms with van der Waals surface area (Å²) < 4.78 is 38.9. The molecule has 0 amide bonds. The molecule has 2 aliphatic carbocycles. The Morgan fingerprint density at radius 3 is 2.59 bits per heavy atom. The van der Waals surface area contributed by atoms with Crippen molar-refractivity contribution >= 4 is 5.97 Å². The molecule has 5 heteroatoms. The zero-order chi connectivity index (χ0) is 19.4. The molecule has 1 aromatic carbocycles. The SMILES string of the molecule is C=CCCOc1ccc(OC(=O)C2CCC3C(CCC)CCC23)c(F)c1F. The van der Waals surface area contributed by atoms with Crippen LogP contribution < -0.4 is 9.47 Å². The minimum Gasteiger partial charge on any atom is -0.490 e. The van der Waals surface area contributed by atoms with Gasteiger partial charge in [-0.25, -0.2) is 0 Å². The van der Waals surface area contributed by atoms with E-state index in [0.717, 1.165) is 32.1 Å². The Bertz CT molecular complexity index is 688. The summed E-state index contributed by atoms with van der Waals surface area (Å²) in [5, 5.41) is 0. The first-order valence-corrected chi connectivity index (χ1v) is 10.00. The van der Waals surface area contributed by atoms with Crippen LogP contribution in [0.2, 0.25) is 0 Å². The van der Waals surface area contributed by atoms with Crippen LogP contribution in [0.25, 0.3) is 0 Å². The number of esters is 1. The van der Waals surface area contributed by atoms with Crippen LogP contribution in [-0.4, -0.2) is 12.6 Å². The fraction of sp³-hybridized carbons (Fsp3) is 0.591. The van der Waals surface area contributed by atoms with Gasteiger partial charge in [-0.1, -0.05) is 25.8 Å². The Hall–Kier alpha value is -1.91. The van der Waals surface area contributed by atoms with Crippen LogP contribution in [0, 0.1) is 35.3 Å². The minimum absolute atomic E-state index is 0.187. The molecule has 2 saturated carbocycles. The lowest BCUT2D eigenvalue weighted by Crippen LogP contribution is -2.25. The number of fused-ring (bicyclic) bond motifs is 1. The third-order valence-corrected chi connectivity index (χ3v) is 6.12. The van der Waals surface area contributed by atoms with E-state index >= 15 is 0 Å². The largest absolute Gasteiger partial charge is 0.490 e. The molecule has 0 bridgehead atoms. The first kappa shape index (κ1) is 19.8. The number of halogens is 2. The molecule has 4 unspecified atom stereocenters. The van der Waals surface area contributed by atoms with Crippen LogP contribution in [0.3, 0.4) is 0 Å². The summed E-state index contributed by atoms with van der Waals surface area (Å²) in [6, 6.07) is 2.56. The zero-order valence-electron chi connectivity index (χ0n) is 15.9. The van der Waals surface area contributed by atoms with Crippen molar-refractivity contribution in [2.75, 3.05) is 6.61 Å². The second-order valence-corrected chi connectivity index (χ2v) is 7.67. The number of hydrogen-bond donors (Lipinski definition) is 0. The second kappa shape index (κ2) is 8.85. The lowest BCUT2D eigenvalue weighted by Gasteiger charge is -2.20. The maximum absolute atomic E-state index is 14.3. The molecular formula is C22H28F2O3. The van der Waals surface area contributed by atoms with Crippen LogP contribution in [0.5, 0.6) is 11.5 Å². The lowest BCUT2D eigenvalue weighted by atomic mass is 9.87. The van der Waals surface area contributed by atoms with E-state index in [9.17, 15) is 13.6 Å². The maximum Gasteiger partial charge on any atom is 0.314 e. The second-order valence-electron chi connectivity index (χ2n) is 7.67. The van der Waals surface area contributed by atoms with Crippen LogP contribution in [0.1, 0.15) is 51.9 Å². The molecule has 1 aromatic rings. The average Bonchev–Trinajstić information content (AvgIpc) is 3.24. The minimum atomic E-state index is -1.18. The van der Waals surface area contributed by atoms with Gasteiger partial charge in [0.2, 0.25) is 11.6 Å². The van der Waals surface area contributed by atoms with E-state index in [-0.39, 0.29) is 24.0 Å². The smallest absolute Gasteiger partial charge is 0.314 e. The monoisotopic (exact) mass is 378 g/mol. The van der Waals surface area contributed by atoms with Gasteiger partial charge in [0.1, 0.15) is 0 Å². The van der Waals surface area contributed by atoms with Crippen molar-refractivity contribution in [3.63, 3.8) is 0 Å². The van der Waals surface area contributed by atoms with Crippen molar-refractivity contribution in [1.82, 2.24) is 0 Å². The van der Waals surface area contributed by atoms with E-state index in [0.29, 0.717) is 24.2 Å². The highest BCUT2D eigenvalue weighted by Gasteiger charge is 2.47. The third kappa shape index (κ3) is 4.17. The van der Waals surface area contributed by atoms with Crippen molar-refractivity contribution < 1.29 is 23.0 Å². The normalized spacial score (nSPS) is 26.6. The molecular weight excluding hydrogens is 350 g/mol. The van der Waals surface area contributed by atoms with Crippen molar-refractivity contribution in [3.8, 4) is 11.5 Å². The van der Waals surface area contributed by atoms with Gasteiger partial charge in [0.25, 0.3) is 0 Å². The highest BCUT2D eigenvalue weighted by atomic mass is 19.2. The number of ether oxygens (including phenoxy) is 2. The van der Waals surface area contributed by atoms with Crippen LogP contribution in [0.15, 0.2) is 24.8 Å². The first-order chi connectivity index (χ1) is 13.1. The van der Waals surface area contributed by atoms with Gasteiger partial charge in [0.05, 0.1) is 12.5 Å². The summed E-state index contributed by atoms with van der Waals surface area (Å²) >= 11 is 0. The Balaban J connectivity index is 1.64. The summed E-state index contributed by atoms with van der Waals surface area (Å²) in [5.41, 5.74) is 0. The predicted octanol–water partition coefficient (Wildman–Crippen LogP) is 5.68. The molecule has 0 N–H and O–H groups in total. The Morgan fingerprint density at radius 1 is 1.15 bits per heavy atom. The van der Waals surface area contributed by atoms with E-state index < -0.39 is 17.6 Å². The standard InChI is InChI=1S/C22H28F2O3/c1-3-5-13-26-18-11-12-19(21(24)20(18)23)27-22(25)17-10-9-15-14(6-4-2)7-8-16(15)17/h3,11-12,14-17H,1,4-10,13H2,2H3. The third-order valence-electron chi connectivity index (χ3n) is 6.12. The van der Waals surface area contributed by atoms with Gasteiger partial charge in [0, 0.05) is 0 Å². The number of benzene rings is 1. The average molecular weight is 378 g/mol. The molecule has 0 aliphatic heterocycles. The van der Waals surface area contributed by atoms with Crippen molar-refractivity contribution in [3.05, 3.63) is 36.4 Å². The highest BCUT2D eigenvalue weighted by Crippen LogP contribution is 2.52. The van der Waals surface area contributed by atoms with E-state index in [1.54, 1.807) is 6.08 Å². The molecule has 27 heavy (non-hydrogen) atoms.